The highest BCUT2D eigenvalue weighted by Gasteiger charge is 2.31. The molecule has 26 heavy (non-hydrogen) atoms. The quantitative estimate of drug-likeness (QED) is 0.530. The van der Waals surface area contributed by atoms with Crippen molar-refractivity contribution in [3.05, 3.63) is 83.4 Å². The van der Waals surface area contributed by atoms with Gasteiger partial charge in [-0.15, -0.1) is 0 Å². The summed E-state index contributed by atoms with van der Waals surface area (Å²) < 4.78 is 51.7. The zero-order valence-electron chi connectivity index (χ0n) is 14.0. The van der Waals surface area contributed by atoms with Crippen molar-refractivity contribution in [1.29, 1.82) is 0 Å². The number of aryl methyl sites for hydroxylation is 1. The predicted molar refractivity (Wildman–Crippen MR) is 97.8 cm³/mol. The van der Waals surface area contributed by atoms with Gasteiger partial charge in [-0.05, 0) is 48.4 Å². The van der Waals surface area contributed by atoms with Crippen LogP contribution in [0.15, 0.2) is 86.3 Å². The minimum Gasteiger partial charge on any atom is -0.219 e. The summed E-state index contributed by atoms with van der Waals surface area (Å²) in [6, 6.07) is 17.7. The van der Waals surface area contributed by atoms with Crippen LogP contribution in [0, 0.1) is 6.92 Å². The lowest BCUT2D eigenvalue weighted by Crippen LogP contribution is -2.15. The highest BCUT2D eigenvalue weighted by atomic mass is 32.2. The van der Waals surface area contributed by atoms with Gasteiger partial charge in [0.05, 0.1) is 19.6 Å². The van der Waals surface area contributed by atoms with Crippen molar-refractivity contribution in [3.8, 4) is 0 Å². The molecule has 4 rings (SSSR count). The van der Waals surface area contributed by atoms with E-state index in [-0.39, 0.29) is 19.6 Å². The lowest BCUT2D eigenvalue weighted by atomic mass is 10.0. The summed E-state index contributed by atoms with van der Waals surface area (Å²) in [6.07, 6.45) is 0.468. The second kappa shape index (κ2) is 5.79. The van der Waals surface area contributed by atoms with Gasteiger partial charge in [-0.25, -0.2) is 16.8 Å². The Kier molecular flexibility index (Phi) is 3.78. The van der Waals surface area contributed by atoms with Gasteiger partial charge in [-0.1, -0.05) is 42.0 Å². The van der Waals surface area contributed by atoms with E-state index >= 15 is 0 Å². The molecule has 1 aliphatic rings. The van der Waals surface area contributed by atoms with Gasteiger partial charge >= 0.3 is 0 Å². The molecule has 0 unspecified atom stereocenters. The number of hydrogen-bond donors (Lipinski definition) is 0. The van der Waals surface area contributed by atoms with Crippen molar-refractivity contribution in [1.82, 2.24) is 0 Å². The fourth-order valence-electron chi connectivity index (χ4n) is 3.19. The molecule has 1 aliphatic heterocycles. The first-order valence-electron chi connectivity index (χ1n) is 8.08. The van der Waals surface area contributed by atoms with Crippen molar-refractivity contribution in [3.63, 3.8) is 0 Å². The summed E-state index contributed by atoms with van der Waals surface area (Å²) in [4.78, 5) is 0.460. The zero-order chi connectivity index (χ0) is 18.5. The molecule has 3 aromatic carbocycles. The number of sulfone groups is 2. The zero-order valence-corrected chi connectivity index (χ0v) is 15.6. The molecule has 0 spiro atoms. The van der Waals surface area contributed by atoms with Crippen LogP contribution in [0.3, 0.4) is 0 Å². The van der Waals surface area contributed by atoms with Crippen LogP contribution < -0.4 is 0 Å². The Morgan fingerprint density at radius 2 is 1.38 bits per heavy atom. The van der Waals surface area contributed by atoms with Crippen LogP contribution >= 0.6 is 0 Å². The fourth-order valence-corrected chi connectivity index (χ4v) is 6.30. The minimum atomic E-state index is -3.78. The Morgan fingerprint density at radius 1 is 0.769 bits per heavy atom. The number of hydrogen-bond acceptors (Lipinski definition) is 4. The van der Waals surface area contributed by atoms with Gasteiger partial charge in [-0.2, -0.15) is 0 Å². The summed E-state index contributed by atoms with van der Waals surface area (Å²) in [6.45, 7) is 1.87. The molecule has 0 fully saturated rings. The predicted octanol–water partition coefficient (Wildman–Crippen LogP) is 3.56. The van der Waals surface area contributed by atoms with E-state index in [1.807, 2.05) is 6.92 Å². The van der Waals surface area contributed by atoms with Crippen molar-refractivity contribution in [2.75, 3.05) is 0 Å². The molecule has 6 heteroatoms. The van der Waals surface area contributed by atoms with Gasteiger partial charge in [0.2, 0.25) is 19.7 Å². The molecule has 0 aromatic heterocycles. The van der Waals surface area contributed by atoms with E-state index in [2.05, 4.69) is 0 Å². The third kappa shape index (κ3) is 2.57. The Bertz CT molecular complexity index is 1220. The lowest BCUT2D eigenvalue weighted by Gasteiger charge is -2.20. The maximum absolute atomic E-state index is 13.0. The fraction of sp³-hybridized carbons (Fsp3) is 0.100. The molecule has 132 valence electrons. The van der Waals surface area contributed by atoms with Crippen molar-refractivity contribution >= 4 is 19.7 Å². The van der Waals surface area contributed by atoms with E-state index in [4.69, 9.17) is 0 Å². The van der Waals surface area contributed by atoms with Crippen molar-refractivity contribution in [2.45, 2.75) is 32.9 Å². The molecule has 0 bridgehead atoms. The molecule has 0 saturated carbocycles. The second-order valence-electron chi connectivity index (χ2n) is 6.37. The number of rotatable bonds is 2. The third-order valence-corrected chi connectivity index (χ3v) is 8.32. The highest BCUT2D eigenvalue weighted by Crippen LogP contribution is 2.36. The molecule has 0 amide bonds. The first-order valence-corrected chi connectivity index (χ1v) is 11.0. The second-order valence-corrected chi connectivity index (χ2v) is 10.2. The maximum Gasteiger partial charge on any atom is 0.207 e. The first kappa shape index (κ1) is 17.0. The lowest BCUT2D eigenvalue weighted by molar-refractivity contribution is 0.590. The number of fused-ring (bicyclic) bond motifs is 2. The van der Waals surface area contributed by atoms with Gasteiger partial charge in [0.1, 0.15) is 0 Å². The van der Waals surface area contributed by atoms with Crippen LogP contribution in [0.5, 0.6) is 0 Å². The molecular weight excluding hydrogens is 368 g/mol. The van der Waals surface area contributed by atoms with E-state index in [1.165, 1.54) is 24.3 Å². The average Bonchev–Trinajstić information content (AvgIpc) is 2.62. The van der Waals surface area contributed by atoms with Gasteiger partial charge in [0.15, 0.2) is 0 Å². The maximum atomic E-state index is 13.0. The SMILES string of the molecule is Cc1ccc(S(=O)(=O)c2ccc3c(c2)S(=O)(=O)c2ccccc2C3)cc1. The van der Waals surface area contributed by atoms with Crippen LogP contribution in [0.25, 0.3) is 0 Å². The molecule has 0 radical (unpaired) electrons. The third-order valence-electron chi connectivity index (χ3n) is 4.61. The largest absolute Gasteiger partial charge is 0.219 e. The van der Waals surface area contributed by atoms with Gasteiger partial charge < -0.3 is 0 Å². The molecule has 4 nitrogen and oxygen atoms in total. The first-order chi connectivity index (χ1) is 12.3. The van der Waals surface area contributed by atoms with E-state index in [0.717, 1.165) is 11.1 Å². The topological polar surface area (TPSA) is 68.3 Å². The normalized spacial score (nSPS) is 15.1. The van der Waals surface area contributed by atoms with Crippen molar-refractivity contribution in [2.24, 2.45) is 0 Å². The van der Waals surface area contributed by atoms with Gasteiger partial charge in [0, 0.05) is 6.42 Å². The van der Waals surface area contributed by atoms with Gasteiger partial charge in [0.25, 0.3) is 0 Å². The van der Waals surface area contributed by atoms with Crippen LogP contribution in [-0.2, 0) is 26.1 Å². The Morgan fingerprint density at radius 3 is 2.12 bits per heavy atom. The molecule has 0 aliphatic carbocycles. The average molecular weight is 384 g/mol. The summed E-state index contributed by atoms with van der Waals surface area (Å²) in [7, 11) is -7.52. The molecule has 0 N–H and O–H groups in total. The van der Waals surface area contributed by atoms with Crippen molar-refractivity contribution < 1.29 is 16.8 Å². The smallest absolute Gasteiger partial charge is 0.207 e. The van der Waals surface area contributed by atoms with Crippen LogP contribution in [0.4, 0.5) is 0 Å². The van der Waals surface area contributed by atoms with E-state index < -0.39 is 19.7 Å². The Labute approximate surface area is 153 Å². The minimum absolute atomic E-state index is 0.0111. The molecule has 0 saturated heterocycles. The summed E-state index contributed by atoms with van der Waals surface area (Å²) in [5.74, 6) is 0. The monoisotopic (exact) mass is 384 g/mol. The summed E-state index contributed by atoms with van der Waals surface area (Å²) >= 11 is 0. The Balaban J connectivity index is 1.88. The van der Waals surface area contributed by atoms with E-state index in [9.17, 15) is 16.8 Å². The van der Waals surface area contributed by atoms with Crippen LogP contribution in [-0.4, -0.2) is 16.8 Å². The van der Waals surface area contributed by atoms with Crippen LogP contribution in [0.1, 0.15) is 16.7 Å². The van der Waals surface area contributed by atoms with E-state index in [1.54, 1.807) is 42.5 Å². The molecule has 3 aromatic rings. The standard InChI is InChI=1S/C20H16O4S2/c1-14-6-9-17(10-7-14)25(21,22)18-11-8-16-12-15-4-2-3-5-19(15)26(23,24)20(16)13-18/h2-11,13H,12H2,1H3. The number of benzene rings is 3. The Hall–Kier alpha value is -2.44. The molecule has 1 heterocycles. The van der Waals surface area contributed by atoms with Crippen LogP contribution in [0.2, 0.25) is 0 Å². The molecular formula is C20H16O4S2. The van der Waals surface area contributed by atoms with E-state index in [0.29, 0.717) is 12.0 Å². The van der Waals surface area contributed by atoms with Gasteiger partial charge in [-0.3, -0.25) is 0 Å². The summed E-state index contributed by atoms with van der Waals surface area (Å²) in [5, 5.41) is 0. The summed E-state index contributed by atoms with van der Waals surface area (Å²) in [5.41, 5.74) is 2.30. The highest BCUT2D eigenvalue weighted by molar-refractivity contribution is 7.92. The molecule has 0 atom stereocenters.